The highest BCUT2D eigenvalue weighted by Crippen LogP contribution is 2.39. The number of ketones is 1. The Labute approximate surface area is 113 Å². The maximum atomic E-state index is 11.6. The van der Waals surface area contributed by atoms with Gasteiger partial charge in [0.1, 0.15) is 5.78 Å². The van der Waals surface area contributed by atoms with Crippen LogP contribution in [-0.4, -0.2) is 23.2 Å². The van der Waals surface area contributed by atoms with Crippen LogP contribution in [0.15, 0.2) is 24.4 Å². The minimum atomic E-state index is -0.185. The van der Waals surface area contributed by atoms with E-state index in [0.29, 0.717) is 6.54 Å². The highest BCUT2D eigenvalue weighted by atomic mass is 16.2. The molecule has 0 aromatic carbocycles. The van der Waals surface area contributed by atoms with Gasteiger partial charge in [-0.05, 0) is 31.9 Å². The topological polar surface area (TPSA) is 59.1 Å². The molecule has 1 heterocycles. The lowest BCUT2D eigenvalue weighted by Gasteiger charge is -2.28. The van der Waals surface area contributed by atoms with Crippen molar-refractivity contribution >= 4 is 11.7 Å². The monoisotopic (exact) mass is 260 g/mol. The van der Waals surface area contributed by atoms with Crippen LogP contribution in [0.1, 0.15) is 44.7 Å². The second-order valence-corrected chi connectivity index (χ2v) is 5.36. The van der Waals surface area contributed by atoms with Gasteiger partial charge in [0.25, 0.3) is 0 Å². The van der Waals surface area contributed by atoms with E-state index in [1.807, 2.05) is 18.2 Å². The molecular weight excluding hydrogens is 240 g/mol. The number of hydrogen-bond acceptors (Lipinski definition) is 3. The quantitative estimate of drug-likeness (QED) is 0.824. The molecule has 1 aromatic rings. The van der Waals surface area contributed by atoms with Crippen molar-refractivity contribution in [3.05, 3.63) is 30.1 Å². The lowest BCUT2D eigenvalue weighted by atomic mass is 9.82. The van der Waals surface area contributed by atoms with Crippen molar-refractivity contribution in [1.29, 1.82) is 0 Å². The van der Waals surface area contributed by atoms with Crippen LogP contribution < -0.4 is 5.32 Å². The number of pyridine rings is 1. The Morgan fingerprint density at radius 3 is 2.63 bits per heavy atom. The van der Waals surface area contributed by atoms with E-state index < -0.39 is 0 Å². The minimum Gasteiger partial charge on any atom is -0.355 e. The number of nitrogens with one attached hydrogen (secondary N) is 1. The van der Waals surface area contributed by atoms with Gasteiger partial charge in [-0.1, -0.05) is 18.9 Å². The standard InChI is InChI=1S/C15H20N2O2/c1-12(18)10-14(19)17-11-15(7-3-4-8-15)13-6-2-5-9-16-13/h2,5-6,9H,3-4,7-8,10-11H2,1H3,(H,17,19). The van der Waals surface area contributed by atoms with Gasteiger partial charge < -0.3 is 5.32 Å². The van der Waals surface area contributed by atoms with Crippen molar-refractivity contribution in [2.24, 2.45) is 0 Å². The molecule has 0 aliphatic heterocycles. The fourth-order valence-electron chi connectivity index (χ4n) is 2.81. The number of hydrogen-bond donors (Lipinski definition) is 1. The highest BCUT2D eigenvalue weighted by Gasteiger charge is 2.37. The van der Waals surface area contributed by atoms with Crippen LogP contribution in [0.25, 0.3) is 0 Å². The van der Waals surface area contributed by atoms with Gasteiger partial charge in [-0.3, -0.25) is 14.6 Å². The lowest BCUT2D eigenvalue weighted by Crippen LogP contribution is -2.40. The van der Waals surface area contributed by atoms with Gasteiger partial charge in [0.05, 0.1) is 6.42 Å². The predicted molar refractivity (Wildman–Crippen MR) is 72.7 cm³/mol. The summed E-state index contributed by atoms with van der Waals surface area (Å²) in [5.74, 6) is -0.287. The smallest absolute Gasteiger partial charge is 0.227 e. The number of aromatic nitrogens is 1. The third kappa shape index (κ3) is 3.40. The average Bonchev–Trinajstić information content (AvgIpc) is 2.87. The largest absolute Gasteiger partial charge is 0.355 e. The molecule has 1 aliphatic carbocycles. The fourth-order valence-corrected chi connectivity index (χ4v) is 2.81. The number of Topliss-reactive ketones (excluding diaryl/α,β-unsaturated/α-hetero) is 1. The normalized spacial score (nSPS) is 17.1. The van der Waals surface area contributed by atoms with E-state index in [-0.39, 0.29) is 23.5 Å². The first-order chi connectivity index (χ1) is 9.12. The third-order valence-corrected chi connectivity index (χ3v) is 3.80. The van der Waals surface area contributed by atoms with Crippen LogP contribution in [0.2, 0.25) is 0 Å². The Bertz CT molecular complexity index is 450. The molecule has 1 aromatic heterocycles. The summed E-state index contributed by atoms with van der Waals surface area (Å²) in [6, 6.07) is 5.92. The molecule has 0 atom stereocenters. The van der Waals surface area contributed by atoms with E-state index in [4.69, 9.17) is 0 Å². The first-order valence-electron chi connectivity index (χ1n) is 6.80. The Morgan fingerprint density at radius 2 is 2.05 bits per heavy atom. The number of rotatable bonds is 5. The summed E-state index contributed by atoms with van der Waals surface area (Å²) in [5, 5.41) is 2.90. The molecule has 1 N–H and O–H groups in total. The Kier molecular flexibility index (Phi) is 4.30. The van der Waals surface area contributed by atoms with E-state index in [0.717, 1.165) is 18.5 Å². The number of carbonyl (C=O) groups is 2. The SMILES string of the molecule is CC(=O)CC(=O)NCC1(c2ccccn2)CCCC1. The van der Waals surface area contributed by atoms with Crippen LogP contribution in [0, 0.1) is 0 Å². The van der Waals surface area contributed by atoms with Gasteiger partial charge in [0.2, 0.25) is 5.91 Å². The number of carbonyl (C=O) groups excluding carboxylic acids is 2. The molecule has 19 heavy (non-hydrogen) atoms. The van der Waals surface area contributed by atoms with Crippen molar-refractivity contribution in [1.82, 2.24) is 10.3 Å². The third-order valence-electron chi connectivity index (χ3n) is 3.80. The van der Waals surface area contributed by atoms with Crippen molar-refractivity contribution < 1.29 is 9.59 Å². The summed E-state index contributed by atoms with van der Waals surface area (Å²) >= 11 is 0. The summed E-state index contributed by atoms with van der Waals surface area (Å²) in [6.07, 6.45) is 6.19. The zero-order valence-electron chi connectivity index (χ0n) is 11.3. The lowest BCUT2D eigenvalue weighted by molar-refractivity contribution is -0.127. The second-order valence-electron chi connectivity index (χ2n) is 5.36. The summed E-state index contributed by atoms with van der Waals surface area (Å²) in [5.41, 5.74) is 1.00. The summed E-state index contributed by atoms with van der Waals surface area (Å²) in [6.45, 7) is 2.01. The zero-order valence-corrected chi connectivity index (χ0v) is 11.3. The summed E-state index contributed by atoms with van der Waals surface area (Å²) in [4.78, 5) is 27.0. The maximum Gasteiger partial charge on any atom is 0.227 e. The molecule has 1 amide bonds. The van der Waals surface area contributed by atoms with Gasteiger partial charge in [0.15, 0.2) is 0 Å². The zero-order chi connectivity index (χ0) is 13.7. The number of nitrogens with zero attached hydrogens (tertiary/aromatic N) is 1. The van der Waals surface area contributed by atoms with Gasteiger partial charge in [-0.25, -0.2) is 0 Å². The van der Waals surface area contributed by atoms with E-state index in [1.165, 1.54) is 19.8 Å². The Morgan fingerprint density at radius 1 is 1.32 bits per heavy atom. The van der Waals surface area contributed by atoms with Gasteiger partial charge in [-0.15, -0.1) is 0 Å². The van der Waals surface area contributed by atoms with Crippen LogP contribution in [0.4, 0.5) is 0 Å². The molecule has 2 rings (SSSR count). The molecule has 0 unspecified atom stereocenters. The van der Waals surface area contributed by atoms with Crippen molar-refractivity contribution in [3.8, 4) is 0 Å². The molecule has 1 aliphatic rings. The minimum absolute atomic E-state index is 0.0295. The maximum absolute atomic E-state index is 11.6. The molecule has 1 saturated carbocycles. The van der Waals surface area contributed by atoms with Crippen LogP contribution in [-0.2, 0) is 15.0 Å². The summed E-state index contributed by atoms with van der Waals surface area (Å²) in [7, 11) is 0. The predicted octanol–water partition coefficient (Wildman–Crippen LogP) is 1.99. The fraction of sp³-hybridized carbons (Fsp3) is 0.533. The highest BCUT2D eigenvalue weighted by molar-refractivity contribution is 5.96. The Balaban J connectivity index is 2.05. The molecule has 0 bridgehead atoms. The van der Waals surface area contributed by atoms with E-state index in [2.05, 4.69) is 10.3 Å². The van der Waals surface area contributed by atoms with Crippen LogP contribution in [0.3, 0.4) is 0 Å². The molecule has 0 spiro atoms. The van der Waals surface area contributed by atoms with E-state index >= 15 is 0 Å². The molecule has 0 saturated heterocycles. The first kappa shape index (κ1) is 13.7. The van der Waals surface area contributed by atoms with Crippen LogP contribution >= 0.6 is 0 Å². The molecule has 0 radical (unpaired) electrons. The first-order valence-corrected chi connectivity index (χ1v) is 6.80. The molecular formula is C15H20N2O2. The second kappa shape index (κ2) is 5.95. The molecule has 4 nitrogen and oxygen atoms in total. The van der Waals surface area contributed by atoms with Crippen molar-refractivity contribution in [2.75, 3.05) is 6.54 Å². The van der Waals surface area contributed by atoms with Gasteiger partial charge >= 0.3 is 0 Å². The summed E-state index contributed by atoms with van der Waals surface area (Å²) < 4.78 is 0. The molecule has 1 fully saturated rings. The molecule has 102 valence electrons. The van der Waals surface area contributed by atoms with E-state index in [1.54, 1.807) is 6.20 Å². The van der Waals surface area contributed by atoms with Crippen LogP contribution in [0.5, 0.6) is 0 Å². The van der Waals surface area contributed by atoms with E-state index in [9.17, 15) is 9.59 Å². The van der Waals surface area contributed by atoms with Gasteiger partial charge in [0, 0.05) is 23.9 Å². The Hall–Kier alpha value is -1.71. The van der Waals surface area contributed by atoms with Crippen molar-refractivity contribution in [2.45, 2.75) is 44.4 Å². The van der Waals surface area contributed by atoms with Crippen molar-refractivity contribution in [3.63, 3.8) is 0 Å². The number of amides is 1. The average molecular weight is 260 g/mol. The molecule has 4 heteroatoms. The van der Waals surface area contributed by atoms with Gasteiger partial charge in [-0.2, -0.15) is 0 Å².